The molecule has 1 aliphatic carbocycles. The molecule has 4 nitrogen and oxygen atoms in total. The largest absolute Gasteiger partial charge is 0.398 e. The molecule has 0 amide bonds. The van der Waals surface area contributed by atoms with Gasteiger partial charge in [-0.05, 0) is 42.9 Å². The minimum absolute atomic E-state index is 0.00150. The Morgan fingerprint density at radius 2 is 2.00 bits per heavy atom. The van der Waals surface area contributed by atoms with E-state index in [1.54, 1.807) is 18.2 Å². The lowest BCUT2D eigenvalue weighted by molar-refractivity contribution is 0.402. The summed E-state index contributed by atoms with van der Waals surface area (Å²) in [4.78, 5) is 0.147. The Labute approximate surface area is 122 Å². The number of nitrogen functional groups attached to an aromatic ring is 1. The van der Waals surface area contributed by atoms with Crippen molar-refractivity contribution in [2.45, 2.75) is 37.6 Å². The van der Waals surface area contributed by atoms with Crippen molar-refractivity contribution in [3.8, 4) is 0 Å². The maximum absolute atomic E-state index is 12.4. The van der Waals surface area contributed by atoms with Crippen LogP contribution in [0.15, 0.2) is 27.6 Å². The Kier molecular flexibility index (Phi) is 4.23. The lowest BCUT2D eigenvalue weighted by atomic mass is 9.98. The van der Waals surface area contributed by atoms with Crippen molar-refractivity contribution < 1.29 is 8.42 Å². The maximum atomic E-state index is 12.4. The van der Waals surface area contributed by atoms with Crippen LogP contribution in [0.5, 0.6) is 0 Å². The molecule has 1 aromatic rings. The van der Waals surface area contributed by atoms with Crippen LogP contribution >= 0.6 is 15.9 Å². The van der Waals surface area contributed by atoms with E-state index in [-0.39, 0.29) is 16.6 Å². The molecule has 1 aromatic carbocycles. The van der Waals surface area contributed by atoms with Gasteiger partial charge < -0.3 is 5.73 Å². The molecule has 0 aliphatic heterocycles. The topological polar surface area (TPSA) is 72.2 Å². The van der Waals surface area contributed by atoms with Gasteiger partial charge in [0.25, 0.3) is 0 Å². The van der Waals surface area contributed by atoms with Gasteiger partial charge in [-0.25, -0.2) is 13.1 Å². The molecule has 3 atom stereocenters. The molecular weight excluding hydrogens is 328 g/mol. The number of hydrogen-bond donors (Lipinski definition) is 2. The first-order chi connectivity index (χ1) is 8.81. The molecule has 0 radical (unpaired) electrons. The van der Waals surface area contributed by atoms with Crippen LogP contribution in [0.2, 0.25) is 0 Å². The van der Waals surface area contributed by atoms with Crippen molar-refractivity contribution in [2.75, 3.05) is 5.73 Å². The highest BCUT2D eigenvalue weighted by Crippen LogP contribution is 2.32. The van der Waals surface area contributed by atoms with Gasteiger partial charge in [0.2, 0.25) is 10.0 Å². The second kappa shape index (κ2) is 5.42. The van der Waals surface area contributed by atoms with Gasteiger partial charge in [0.1, 0.15) is 4.90 Å². The second-order valence-corrected chi connectivity index (χ2v) is 7.92. The molecule has 1 fully saturated rings. The molecule has 2 rings (SSSR count). The van der Waals surface area contributed by atoms with Crippen LogP contribution in [0.3, 0.4) is 0 Å². The second-order valence-electron chi connectivity index (χ2n) is 5.32. The zero-order chi connectivity index (χ0) is 14.2. The molecule has 0 heterocycles. The fourth-order valence-electron chi connectivity index (χ4n) is 2.53. The van der Waals surface area contributed by atoms with Gasteiger partial charge in [-0.3, -0.25) is 0 Å². The summed E-state index contributed by atoms with van der Waals surface area (Å²) < 4.78 is 28.3. The molecule has 106 valence electrons. The smallest absolute Gasteiger partial charge is 0.242 e. The van der Waals surface area contributed by atoms with E-state index in [4.69, 9.17) is 5.73 Å². The Morgan fingerprint density at radius 1 is 1.32 bits per heavy atom. The molecule has 19 heavy (non-hydrogen) atoms. The molecule has 0 aromatic heterocycles. The van der Waals surface area contributed by atoms with Gasteiger partial charge in [-0.15, -0.1) is 0 Å². The zero-order valence-corrected chi connectivity index (χ0v) is 13.5. The molecule has 1 saturated carbocycles. The molecule has 0 saturated heterocycles. The predicted octanol–water partition coefficient (Wildman–Crippen LogP) is 2.74. The van der Waals surface area contributed by atoms with Crippen LogP contribution in [-0.2, 0) is 10.0 Å². The summed E-state index contributed by atoms with van der Waals surface area (Å²) in [5.74, 6) is 0.899. The van der Waals surface area contributed by atoms with E-state index >= 15 is 0 Å². The van der Waals surface area contributed by atoms with Gasteiger partial charge in [-0.1, -0.05) is 29.8 Å². The quantitative estimate of drug-likeness (QED) is 0.826. The summed E-state index contributed by atoms with van der Waals surface area (Å²) >= 11 is 3.28. The number of hydrogen-bond acceptors (Lipinski definition) is 3. The molecule has 1 aliphatic rings. The van der Waals surface area contributed by atoms with Gasteiger partial charge in [0.15, 0.2) is 0 Å². The normalized spacial score (nSPS) is 27.6. The van der Waals surface area contributed by atoms with Crippen molar-refractivity contribution in [3.63, 3.8) is 0 Å². The summed E-state index contributed by atoms with van der Waals surface area (Å²) in [6, 6.07) is 4.87. The SMILES string of the molecule is CC1CCC(NS(=O)(=O)c2cc(Br)ccc2N)C1C. The fraction of sp³-hybridized carbons (Fsp3) is 0.538. The molecule has 6 heteroatoms. The average Bonchev–Trinajstić information content (AvgIpc) is 2.63. The van der Waals surface area contributed by atoms with Crippen LogP contribution < -0.4 is 10.5 Å². The van der Waals surface area contributed by atoms with E-state index in [1.807, 2.05) is 0 Å². The lowest BCUT2D eigenvalue weighted by Gasteiger charge is -2.20. The first-order valence-electron chi connectivity index (χ1n) is 6.38. The summed E-state index contributed by atoms with van der Waals surface area (Å²) in [5, 5.41) is 0. The molecule has 3 unspecified atom stereocenters. The molecule has 0 bridgehead atoms. The van der Waals surface area contributed by atoms with Crippen molar-refractivity contribution in [2.24, 2.45) is 11.8 Å². The van der Waals surface area contributed by atoms with E-state index in [0.717, 1.165) is 12.8 Å². The van der Waals surface area contributed by atoms with Gasteiger partial charge in [-0.2, -0.15) is 0 Å². The minimum Gasteiger partial charge on any atom is -0.398 e. The average molecular weight is 347 g/mol. The van der Waals surface area contributed by atoms with E-state index in [9.17, 15) is 8.42 Å². The van der Waals surface area contributed by atoms with Crippen molar-refractivity contribution in [1.82, 2.24) is 4.72 Å². The molecular formula is C13H19BrN2O2S. The maximum Gasteiger partial charge on any atom is 0.242 e. The third kappa shape index (κ3) is 3.12. The summed E-state index contributed by atoms with van der Waals surface area (Å²) in [7, 11) is -3.56. The van der Waals surface area contributed by atoms with E-state index in [2.05, 4.69) is 34.5 Å². The van der Waals surface area contributed by atoms with E-state index < -0.39 is 10.0 Å². The third-order valence-corrected chi connectivity index (χ3v) is 6.08. The number of nitrogens with two attached hydrogens (primary N) is 1. The highest BCUT2D eigenvalue weighted by molar-refractivity contribution is 9.10. The zero-order valence-electron chi connectivity index (χ0n) is 11.1. The van der Waals surface area contributed by atoms with Gasteiger partial charge >= 0.3 is 0 Å². The van der Waals surface area contributed by atoms with E-state index in [1.165, 1.54) is 0 Å². The van der Waals surface area contributed by atoms with Crippen LogP contribution in [0.1, 0.15) is 26.7 Å². The first-order valence-corrected chi connectivity index (χ1v) is 8.66. The fourth-order valence-corrected chi connectivity index (χ4v) is 4.57. The number of sulfonamides is 1. The Hall–Kier alpha value is -0.590. The summed E-state index contributed by atoms with van der Waals surface area (Å²) in [5.41, 5.74) is 6.04. The van der Waals surface area contributed by atoms with Gasteiger partial charge in [0, 0.05) is 10.5 Å². The predicted molar refractivity (Wildman–Crippen MR) is 80.2 cm³/mol. The Bertz CT molecular complexity index is 574. The van der Waals surface area contributed by atoms with Crippen molar-refractivity contribution >= 4 is 31.6 Å². The van der Waals surface area contributed by atoms with Crippen LogP contribution in [-0.4, -0.2) is 14.5 Å². The monoisotopic (exact) mass is 346 g/mol. The molecule has 0 spiro atoms. The minimum atomic E-state index is -3.56. The number of halogens is 1. The standard InChI is InChI=1S/C13H19BrN2O2S/c1-8-3-6-12(9(8)2)16-19(17,18)13-7-10(14)4-5-11(13)15/h4-5,7-9,12,16H,3,6,15H2,1-2H3. The lowest BCUT2D eigenvalue weighted by Crippen LogP contribution is -2.37. The number of rotatable bonds is 3. The number of benzene rings is 1. The summed E-state index contributed by atoms with van der Waals surface area (Å²) in [6.07, 6.45) is 1.94. The van der Waals surface area contributed by atoms with Gasteiger partial charge in [0.05, 0.1) is 5.69 Å². The highest BCUT2D eigenvalue weighted by atomic mass is 79.9. The number of anilines is 1. The molecule has 3 N–H and O–H groups in total. The highest BCUT2D eigenvalue weighted by Gasteiger charge is 2.33. The third-order valence-electron chi connectivity index (χ3n) is 4.04. The van der Waals surface area contributed by atoms with Crippen molar-refractivity contribution in [3.05, 3.63) is 22.7 Å². The number of nitrogens with one attached hydrogen (secondary N) is 1. The van der Waals surface area contributed by atoms with Crippen LogP contribution in [0, 0.1) is 11.8 Å². The van der Waals surface area contributed by atoms with Crippen LogP contribution in [0.25, 0.3) is 0 Å². The Morgan fingerprint density at radius 3 is 2.58 bits per heavy atom. The Balaban J connectivity index is 2.26. The summed E-state index contributed by atoms with van der Waals surface area (Å²) in [6.45, 7) is 4.25. The van der Waals surface area contributed by atoms with E-state index in [0.29, 0.717) is 16.3 Å². The van der Waals surface area contributed by atoms with Crippen molar-refractivity contribution in [1.29, 1.82) is 0 Å². The van der Waals surface area contributed by atoms with Crippen LogP contribution in [0.4, 0.5) is 5.69 Å². The first kappa shape index (κ1) is 14.8.